The molecule has 0 rings (SSSR count). The highest BCUT2D eigenvalue weighted by molar-refractivity contribution is 5.71. The maximum absolute atomic E-state index is 12.9. The molecule has 68 heavy (non-hydrogen) atoms. The number of carbonyl (C=O) groups excluding carboxylic acids is 3. The molecule has 0 aromatic rings. The molecule has 1 unspecified atom stereocenters. The van der Waals surface area contributed by atoms with Crippen molar-refractivity contribution in [3.05, 3.63) is 24.3 Å². The Kier molecular flexibility index (Phi) is 55.7. The lowest BCUT2D eigenvalue weighted by atomic mass is 10.0. The van der Waals surface area contributed by atoms with Crippen LogP contribution >= 0.6 is 0 Å². The molecule has 0 aliphatic heterocycles. The van der Waals surface area contributed by atoms with Crippen LogP contribution in [0.15, 0.2) is 24.3 Å². The molecule has 0 radical (unpaired) electrons. The SMILES string of the molecule is CCCCCCC/C=C\C/C=C\CCCCCCCCCCCCCC(=O)OCC(COC(=O)CCCCCCCCCCCCCC)OC(=O)CCCCCCCCCCCCCCCCC. The molecule has 0 spiro atoms. The average Bonchev–Trinajstić information content (AvgIpc) is 3.34. The van der Waals surface area contributed by atoms with E-state index in [-0.39, 0.29) is 31.1 Å². The van der Waals surface area contributed by atoms with Gasteiger partial charge < -0.3 is 14.2 Å². The summed E-state index contributed by atoms with van der Waals surface area (Å²) >= 11 is 0. The van der Waals surface area contributed by atoms with Gasteiger partial charge in [-0.15, -0.1) is 0 Å². The Morgan fingerprint density at radius 2 is 0.529 bits per heavy atom. The van der Waals surface area contributed by atoms with Gasteiger partial charge in [0.15, 0.2) is 6.10 Å². The van der Waals surface area contributed by atoms with Crippen LogP contribution in [0.25, 0.3) is 0 Å². The zero-order chi connectivity index (χ0) is 49.3. The van der Waals surface area contributed by atoms with E-state index in [0.717, 1.165) is 64.2 Å². The van der Waals surface area contributed by atoms with Gasteiger partial charge in [0.25, 0.3) is 0 Å². The molecular formula is C62H116O6. The summed E-state index contributed by atoms with van der Waals surface area (Å²) in [7, 11) is 0. The van der Waals surface area contributed by atoms with E-state index < -0.39 is 6.10 Å². The van der Waals surface area contributed by atoms with Crippen LogP contribution in [-0.4, -0.2) is 37.2 Å². The first-order valence-corrected chi connectivity index (χ1v) is 30.3. The molecular weight excluding hydrogens is 841 g/mol. The highest BCUT2D eigenvalue weighted by atomic mass is 16.6. The van der Waals surface area contributed by atoms with Crippen molar-refractivity contribution in [1.29, 1.82) is 0 Å². The maximum Gasteiger partial charge on any atom is 0.306 e. The van der Waals surface area contributed by atoms with Crippen molar-refractivity contribution < 1.29 is 28.6 Å². The molecule has 6 nitrogen and oxygen atoms in total. The molecule has 1 atom stereocenters. The Balaban J connectivity index is 4.24. The minimum atomic E-state index is -0.766. The number of hydrogen-bond acceptors (Lipinski definition) is 6. The largest absolute Gasteiger partial charge is 0.462 e. The lowest BCUT2D eigenvalue weighted by molar-refractivity contribution is -0.167. The summed E-state index contributed by atoms with van der Waals surface area (Å²) in [6.45, 7) is 6.68. The average molecular weight is 958 g/mol. The van der Waals surface area contributed by atoms with Gasteiger partial charge in [-0.05, 0) is 51.4 Å². The molecule has 0 amide bonds. The highest BCUT2D eigenvalue weighted by Gasteiger charge is 2.19. The zero-order valence-corrected chi connectivity index (χ0v) is 45.9. The van der Waals surface area contributed by atoms with Crippen molar-refractivity contribution in [2.75, 3.05) is 13.2 Å². The van der Waals surface area contributed by atoms with Crippen molar-refractivity contribution in [2.45, 2.75) is 341 Å². The van der Waals surface area contributed by atoms with Gasteiger partial charge in [-0.1, -0.05) is 289 Å². The predicted octanol–water partition coefficient (Wildman–Crippen LogP) is 20.3. The summed E-state index contributed by atoms with van der Waals surface area (Å²) < 4.78 is 16.9. The first-order valence-electron chi connectivity index (χ1n) is 30.3. The third-order valence-electron chi connectivity index (χ3n) is 13.7. The van der Waals surface area contributed by atoms with E-state index in [9.17, 15) is 14.4 Å². The van der Waals surface area contributed by atoms with Gasteiger partial charge >= 0.3 is 17.9 Å². The van der Waals surface area contributed by atoms with Gasteiger partial charge in [-0.25, -0.2) is 0 Å². The number of ether oxygens (including phenoxy) is 3. The highest BCUT2D eigenvalue weighted by Crippen LogP contribution is 2.17. The number of unbranched alkanes of at least 4 members (excludes halogenated alkanes) is 41. The second kappa shape index (κ2) is 57.5. The van der Waals surface area contributed by atoms with Crippen molar-refractivity contribution >= 4 is 17.9 Å². The molecule has 0 N–H and O–H groups in total. The van der Waals surface area contributed by atoms with Crippen LogP contribution in [0.2, 0.25) is 0 Å². The summed E-state index contributed by atoms with van der Waals surface area (Å²) in [6.07, 6.45) is 67.4. The van der Waals surface area contributed by atoms with Crippen LogP contribution < -0.4 is 0 Å². The topological polar surface area (TPSA) is 78.9 Å². The van der Waals surface area contributed by atoms with Crippen LogP contribution in [0.1, 0.15) is 335 Å². The molecule has 6 heteroatoms. The number of allylic oxidation sites excluding steroid dienone is 4. The Labute approximate surface area is 423 Å². The second-order valence-electron chi connectivity index (χ2n) is 20.6. The Morgan fingerprint density at radius 1 is 0.294 bits per heavy atom. The summed E-state index contributed by atoms with van der Waals surface area (Å²) in [6, 6.07) is 0. The lowest BCUT2D eigenvalue weighted by Crippen LogP contribution is -2.30. The zero-order valence-electron chi connectivity index (χ0n) is 45.9. The quantitative estimate of drug-likeness (QED) is 0.0262. The number of rotatable bonds is 56. The summed E-state index contributed by atoms with van der Waals surface area (Å²) in [5.74, 6) is -0.845. The second-order valence-corrected chi connectivity index (χ2v) is 20.6. The van der Waals surface area contributed by atoms with E-state index in [0.29, 0.717) is 19.3 Å². The lowest BCUT2D eigenvalue weighted by Gasteiger charge is -2.18. The van der Waals surface area contributed by atoms with Crippen LogP contribution in [0, 0.1) is 0 Å². The molecule has 0 aliphatic rings. The first-order chi connectivity index (χ1) is 33.5. The summed E-state index contributed by atoms with van der Waals surface area (Å²) in [5, 5.41) is 0. The van der Waals surface area contributed by atoms with Crippen molar-refractivity contribution in [3.63, 3.8) is 0 Å². The third-order valence-corrected chi connectivity index (χ3v) is 13.7. The van der Waals surface area contributed by atoms with Gasteiger partial charge in [-0.2, -0.15) is 0 Å². The maximum atomic E-state index is 12.9. The molecule has 0 aliphatic carbocycles. The van der Waals surface area contributed by atoms with Crippen LogP contribution in [0.3, 0.4) is 0 Å². The fourth-order valence-electron chi connectivity index (χ4n) is 9.12. The number of hydrogen-bond donors (Lipinski definition) is 0. The molecule has 0 aromatic carbocycles. The van der Waals surface area contributed by atoms with Crippen LogP contribution in [0.5, 0.6) is 0 Å². The monoisotopic (exact) mass is 957 g/mol. The van der Waals surface area contributed by atoms with Gasteiger partial charge in [0.05, 0.1) is 0 Å². The van der Waals surface area contributed by atoms with Gasteiger partial charge in [-0.3, -0.25) is 14.4 Å². The molecule has 0 fully saturated rings. The molecule has 0 aromatic heterocycles. The predicted molar refractivity (Wildman–Crippen MR) is 293 cm³/mol. The van der Waals surface area contributed by atoms with E-state index >= 15 is 0 Å². The fraction of sp³-hybridized carbons (Fsp3) is 0.887. The van der Waals surface area contributed by atoms with Crippen molar-refractivity contribution in [3.8, 4) is 0 Å². The fourth-order valence-corrected chi connectivity index (χ4v) is 9.12. The Hall–Kier alpha value is -2.11. The minimum Gasteiger partial charge on any atom is -0.462 e. The normalized spacial score (nSPS) is 12.1. The Morgan fingerprint density at radius 3 is 0.809 bits per heavy atom. The van der Waals surface area contributed by atoms with Gasteiger partial charge in [0, 0.05) is 19.3 Å². The van der Waals surface area contributed by atoms with E-state index in [2.05, 4.69) is 45.1 Å². The number of carbonyl (C=O) groups is 3. The molecule has 0 bridgehead atoms. The Bertz CT molecular complexity index is 1100. The van der Waals surface area contributed by atoms with E-state index in [4.69, 9.17) is 14.2 Å². The van der Waals surface area contributed by atoms with Crippen molar-refractivity contribution in [2.24, 2.45) is 0 Å². The van der Waals surface area contributed by atoms with Crippen molar-refractivity contribution in [1.82, 2.24) is 0 Å². The summed E-state index contributed by atoms with van der Waals surface area (Å²) in [4.78, 5) is 38.2. The van der Waals surface area contributed by atoms with Gasteiger partial charge in [0.2, 0.25) is 0 Å². The number of esters is 3. The minimum absolute atomic E-state index is 0.0657. The standard InChI is InChI=1S/C62H116O6/c1-4-7-10-13-16-19-22-25-27-28-29-30-31-32-33-34-36-37-40-43-46-49-52-55-61(64)67-58-59(57-66-60(63)54-51-48-45-42-39-24-21-18-15-12-9-6-3)68-62(65)56-53-50-47-44-41-38-35-26-23-20-17-14-11-8-5-2/h22,25,28-29,59H,4-21,23-24,26-27,30-58H2,1-3H3/b25-22-,29-28-. The van der Waals surface area contributed by atoms with E-state index in [1.54, 1.807) is 0 Å². The van der Waals surface area contributed by atoms with Crippen LogP contribution in [-0.2, 0) is 28.6 Å². The smallest absolute Gasteiger partial charge is 0.306 e. The van der Waals surface area contributed by atoms with Crippen LogP contribution in [0.4, 0.5) is 0 Å². The molecule has 400 valence electrons. The van der Waals surface area contributed by atoms with Gasteiger partial charge in [0.1, 0.15) is 13.2 Å². The first kappa shape index (κ1) is 65.9. The molecule has 0 saturated heterocycles. The van der Waals surface area contributed by atoms with E-state index in [1.807, 2.05) is 0 Å². The summed E-state index contributed by atoms with van der Waals surface area (Å²) in [5.41, 5.74) is 0. The third kappa shape index (κ3) is 54.8. The molecule has 0 heterocycles. The molecule has 0 saturated carbocycles. The van der Waals surface area contributed by atoms with E-state index in [1.165, 1.54) is 231 Å².